The molecule has 0 saturated heterocycles. The predicted molar refractivity (Wildman–Crippen MR) is 50.2 cm³/mol. The van der Waals surface area contributed by atoms with Crippen molar-refractivity contribution in [3.05, 3.63) is 41.6 Å². The second kappa shape index (κ2) is 3.11. The third-order valence-electron chi connectivity index (χ3n) is 1.67. The number of benzene rings is 1. The lowest BCUT2D eigenvalue weighted by molar-refractivity contribution is 0.448. The quantitative estimate of drug-likeness (QED) is 0.756. The van der Waals surface area contributed by atoms with Crippen molar-refractivity contribution in [3.63, 3.8) is 0 Å². The number of hydrogen-bond donors (Lipinski definition) is 1. The molecule has 2 rings (SSSR count). The highest BCUT2D eigenvalue weighted by atomic mass is 35.5. The van der Waals surface area contributed by atoms with Gasteiger partial charge in [0.2, 0.25) is 5.88 Å². The minimum Gasteiger partial charge on any atom is -0.492 e. The van der Waals surface area contributed by atoms with Gasteiger partial charge in [-0.25, -0.2) is 4.68 Å². The van der Waals surface area contributed by atoms with Crippen molar-refractivity contribution in [1.29, 1.82) is 0 Å². The SMILES string of the molecule is Oc1ccn(-c2ccccc2Cl)n1. The second-order valence-corrected chi connectivity index (χ2v) is 2.98. The minimum atomic E-state index is -0.0140. The van der Waals surface area contributed by atoms with E-state index < -0.39 is 0 Å². The van der Waals surface area contributed by atoms with Crippen molar-refractivity contribution < 1.29 is 5.11 Å². The molecule has 1 aromatic heterocycles. The molecule has 0 spiro atoms. The van der Waals surface area contributed by atoms with Crippen LogP contribution in [0.2, 0.25) is 5.02 Å². The van der Waals surface area contributed by atoms with E-state index in [0.717, 1.165) is 5.69 Å². The van der Waals surface area contributed by atoms with Crippen LogP contribution in [0.1, 0.15) is 0 Å². The van der Waals surface area contributed by atoms with Crippen LogP contribution in [0.3, 0.4) is 0 Å². The Morgan fingerprint density at radius 1 is 1.23 bits per heavy atom. The first-order chi connectivity index (χ1) is 6.27. The van der Waals surface area contributed by atoms with E-state index in [1.54, 1.807) is 12.3 Å². The Labute approximate surface area is 80.2 Å². The zero-order valence-electron chi connectivity index (χ0n) is 6.68. The fourth-order valence-corrected chi connectivity index (χ4v) is 1.31. The predicted octanol–water partition coefficient (Wildman–Crippen LogP) is 2.23. The van der Waals surface area contributed by atoms with Gasteiger partial charge in [0, 0.05) is 12.3 Å². The van der Waals surface area contributed by atoms with Crippen molar-refractivity contribution >= 4 is 11.6 Å². The summed E-state index contributed by atoms with van der Waals surface area (Å²) in [4.78, 5) is 0. The average molecular weight is 195 g/mol. The van der Waals surface area contributed by atoms with Crippen molar-refractivity contribution in [2.75, 3.05) is 0 Å². The molecule has 0 bridgehead atoms. The highest BCUT2D eigenvalue weighted by molar-refractivity contribution is 6.32. The molecule has 4 heteroatoms. The molecule has 0 radical (unpaired) electrons. The topological polar surface area (TPSA) is 38.0 Å². The summed E-state index contributed by atoms with van der Waals surface area (Å²) in [5, 5.41) is 13.5. The summed E-state index contributed by atoms with van der Waals surface area (Å²) < 4.78 is 1.53. The molecule has 3 nitrogen and oxygen atoms in total. The van der Waals surface area contributed by atoms with E-state index in [-0.39, 0.29) is 5.88 Å². The van der Waals surface area contributed by atoms with Crippen LogP contribution < -0.4 is 0 Å². The molecule has 0 aliphatic carbocycles. The van der Waals surface area contributed by atoms with Crippen molar-refractivity contribution in [1.82, 2.24) is 9.78 Å². The maximum absolute atomic E-state index is 9.03. The minimum absolute atomic E-state index is 0.0140. The van der Waals surface area contributed by atoms with Crippen LogP contribution in [0.15, 0.2) is 36.5 Å². The maximum Gasteiger partial charge on any atom is 0.230 e. The van der Waals surface area contributed by atoms with E-state index in [4.69, 9.17) is 16.7 Å². The van der Waals surface area contributed by atoms with Crippen molar-refractivity contribution in [2.45, 2.75) is 0 Å². The van der Waals surface area contributed by atoms with Gasteiger partial charge < -0.3 is 5.11 Å². The lowest BCUT2D eigenvalue weighted by Gasteiger charge is -2.01. The van der Waals surface area contributed by atoms with E-state index in [9.17, 15) is 0 Å². The summed E-state index contributed by atoms with van der Waals surface area (Å²) in [6.45, 7) is 0. The summed E-state index contributed by atoms with van der Waals surface area (Å²) in [6.07, 6.45) is 1.65. The monoisotopic (exact) mass is 194 g/mol. The molecule has 1 aromatic carbocycles. The molecule has 0 fully saturated rings. The number of rotatable bonds is 1. The maximum atomic E-state index is 9.03. The molecule has 0 atom stereocenters. The van der Waals surface area contributed by atoms with Gasteiger partial charge in [0.1, 0.15) is 0 Å². The van der Waals surface area contributed by atoms with Crippen molar-refractivity contribution in [2.24, 2.45) is 0 Å². The summed E-state index contributed by atoms with van der Waals surface area (Å²) in [5.41, 5.74) is 0.754. The van der Waals surface area contributed by atoms with Gasteiger partial charge in [0.25, 0.3) is 0 Å². The molecule has 66 valence electrons. The smallest absolute Gasteiger partial charge is 0.230 e. The third-order valence-corrected chi connectivity index (χ3v) is 1.99. The number of halogens is 1. The van der Waals surface area contributed by atoms with Crippen LogP contribution in [0, 0.1) is 0 Å². The van der Waals surface area contributed by atoms with Crippen LogP contribution >= 0.6 is 11.6 Å². The van der Waals surface area contributed by atoms with E-state index in [1.165, 1.54) is 10.7 Å². The molecule has 0 unspecified atom stereocenters. The van der Waals surface area contributed by atoms with E-state index in [1.807, 2.05) is 18.2 Å². The Morgan fingerprint density at radius 3 is 2.62 bits per heavy atom. The summed E-state index contributed by atoms with van der Waals surface area (Å²) in [7, 11) is 0. The zero-order chi connectivity index (χ0) is 9.26. The first kappa shape index (κ1) is 8.13. The number of hydrogen-bond acceptors (Lipinski definition) is 2. The van der Waals surface area contributed by atoms with Gasteiger partial charge in [-0.15, -0.1) is 5.10 Å². The molecular formula is C9H7ClN2O. The van der Waals surface area contributed by atoms with Gasteiger partial charge in [0.15, 0.2) is 0 Å². The largest absolute Gasteiger partial charge is 0.492 e. The number of para-hydroxylation sites is 1. The van der Waals surface area contributed by atoms with E-state index in [2.05, 4.69) is 5.10 Å². The summed E-state index contributed by atoms with van der Waals surface area (Å²) >= 11 is 5.93. The van der Waals surface area contributed by atoms with Gasteiger partial charge in [-0.05, 0) is 12.1 Å². The van der Waals surface area contributed by atoms with Crippen molar-refractivity contribution in [3.8, 4) is 11.6 Å². The molecule has 1 heterocycles. The number of aromatic nitrogens is 2. The van der Waals surface area contributed by atoms with Gasteiger partial charge in [-0.1, -0.05) is 23.7 Å². The van der Waals surface area contributed by atoms with Crippen LogP contribution in [-0.4, -0.2) is 14.9 Å². The molecule has 0 saturated carbocycles. The summed E-state index contributed by atoms with van der Waals surface area (Å²) in [6, 6.07) is 8.81. The number of aromatic hydroxyl groups is 1. The molecule has 0 aliphatic rings. The standard InChI is InChI=1S/C9H7ClN2O/c10-7-3-1-2-4-8(7)12-6-5-9(13)11-12/h1-6H,(H,11,13). The first-order valence-electron chi connectivity index (χ1n) is 3.77. The van der Waals surface area contributed by atoms with Crippen LogP contribution in [0.25, 0.3) is 5.69 Å². The molecule has 2 aromatic rings. The lowest BCUT2D eigenvalue weighted by Crippen LogP contribution is -1.94. The molecule has 1 N–H and O–H groups in total. The Bertz CT molecular complexity index is 425. The fourth-order valence-electron chi connectivity index (χ4n) is 1.09. The Morgan fingerprint density at radius 2 is 2.00 bits per heavy atom. The van der Waals surface area contributed by atoms with Crippen LogP contribution in [-0.2, 0) is 0 Å². The third kappa shape index (κ3) is 1.51. The summed E-state index contributed by atoms with van der Waals surface area (Å²) in [5.74, 6) is -0.0140. The van der Waals surface area contributed by atoms with Gasteiger partial charge in [-0.3, -0.25) is 0 Å². The fraction of sp³-hybridized carbons (Fsp3) is 0. The van der Waals surface area contributed by atoms with Gasteiger partial charge in [0.05, 0.1) is 10.7 Å². The lowest BCUT2D eigenvalue weighted by atomic mass is 10.3. The Hall–Kier alpha value is -1.48. The van der Waals surface area contributed by atoms with Crippen LogP contribution in [0.5, 0.6) is 5.88 Å². The zero-order valence-corrected chi connectivity index (χ0v) is 7.44. The van der Waals surface area contributed by atoms with Gasteiger partial charge >= 0.3 is 0 Å². The first-order valence-corrected chi connectivity index (χ1v) is 4.15. The Balaban J connectivity index is 2.52. The van der Waals surface area contributed by atoms with Gasteiger partial charge in [-0.2, -0.15) is 0 Å². The second-order valence-electron chi connectivity index (χ2n) is 2.57. The molecule has 13 heavy (non-hydrogen) atoms. The highest BCUT2D eigenvalue weighted by Gasteiger charge is 2.02. The molecule has 0 aliphatic heterocycles. The van der Waals surface area contributed by atoms with E-state index >= 15 is 0 Å². The highest BCUT2D eigenvalue weighted by Crippen LogP contribution is 2.19. The molecule has 0 amide bonds. The van der Waals surface area contributed by atoms with E-state index in [0.29, 0.717) is 5.02 Å². The van der Waals surface area contributed by atoms with Crippen LogP contribution in [0.4, 0.5) is 0 Å². The average Bonchev–Trinajstić information content (AvgIpc) is 2.53. The number of nitrogens with zero attached hydrogens (tertiary/aromatic N) is 2. The Kier molecular flexibility index (Phi) is 1.94. The molecular weight excluding hydrogens is 188 g/mol. The normalized spacial score (nSPS) is 10.2.